The minimum absolute atomic E-state index is 0.0276. The van der Waals surface area contributed by atoms with Crippen molar-refractivity contribution in [3.63, 3.8) is 0 Å². The van der Waals surface area contributed by atoms with Crippen molar-refractivity contribution >= 4 is 0 Å². The second kappa shape index (κ2) is 6.49. The summed E-state index contributed by atoms with van der Waals surface area (Å²) in [5.74, 6) is -0.492. The standard InChI is InChI=1S/C18H26N2O3/c1-2-4-16(5-3-1)12-20-9-7-17(14-21-15-20)6-8-19-13-18(17)22-10-11-23-18/h1-5,19H,6-15H2. The quantitative estimate of drug-likeness (QED) is 0.897. The van der Waals surface area contributed by atoms with Crippen LogP contribution in [0.15, 0.2) is 30.3 Å². The first-order valence-electron chi connectivity index (χ1n) is 8.65. The Labute approximate surface area is 137 Å². The van der Waals surface area contributed by atoms with Gasteiger partial charge in [-0.25, -0.2) is 0 Å². The van der Waals surface area contributed by atoms with E-state index in [1.165, 1.54) is 5.56 Å². The second-order valence-electron chi connectivity index (χ2n) is 6.92. The average Bonchev–Trinajstić information content (AvgIpc) is 2.97. The number of nitrogens with zero attached hydrogens (tertiary/aromatic N) is 1. The molecule has 0 aliphatic carbocycles. The maximum Gasteiger partial charge on any atom is 0.188 e. The van der Waals surface area contributed by atoms with E-state index in [2.05, 4.69) is 40.5 Å². The van der Waals surface area contributed by atoms with Crippen molar-refractivity contribution in [1.82, 2.24) is 10.2 Å². The van der Waals surface area contributed by atoms with Crippen LogP contribution in [0.4, 0.5) is 0 Å². The van der Waals surface area contributed by atoms with E-state index in [4.69, 9.17) is 14.2 Å². The van der Waals surface area contributed by atoms with E-state index in [0.29, 0.717) is 19.9 Å². The number of benzene rings is 1. The van der Waals surface area contributed by atoms with E-state index in [1.54, 1.807) is 0 Å². The lowest BCUT2D eigenvalue weighted by Crippen LogP contribution is -2.62. The first kappa shape index (κ1) is 15.5. The summed E-state index contributed by atoms with van der Waals surface area (Å²) >= 11 is 0. The number of ether oxygens (including phenoxy) is 3. The molecule has 1 aromatic rings. The summed E-state index contributed by atoms with van der Waals surface area (Å²) < 4.78 is 18.3. The number of nitrogens with one attached hydrogen (secondary N) is 1. The molecular weight excluding hydrogens is 292 g/mol. The van der Waals surface area contributed by atoms with Gasteiger partial charge in [0.2, 0.25) is 0 Å². The molecular formula is C18H26N2O3. The molecule has 126 valence electrons. The minimum Gasteiger partial charge on any atom is -0.365 e. The molecule has 5 nitrogen and oxygen atoms in total. The largest absolute Gasteiger partial charge is 0.365 e. The molecule has 0 radical (unpaired) electrons. The second-order valence-corrected chi connectivity index (χ2v) is 6.92. The number of hydrogen-bond donors (Lipinski definition) is 1. The van der Waals surface area contributed by atoms with E-state index < -0.39 is 5.79 Å². The van der Waals surface area contributed by atoms with Crippen molar-refractivity contribution in [3.8, 4) is 0 Å². The van der Waals surface area contributed by atoms with E-state index in [9.17, 15) is 0 Å². The fraction of sp³-hybridized carbons (Fsp3) is 0.667. The highest BCUT2D eigenvalue weighted by molar-refractivity contribution is 5.14. The Hall–Kier alpha value is -0.980. The van der Waals surface area contributed by atoms with E-state index in [1.807, 2.05) is 0 Å². The summed E-state index contributed by atoms with van der Waals surface area (Å²) in [5, 5.41) is 3.44. The molecule has 1 N–H and O–H groups in total. The Morgan fingerprint density at radius 2 is 1.91 bits per heavy atom. The van der Waals surface area contributed by atoms with Crippen LogP contribution in [0.1, 0.15) is 18.4 Å². The Bertz CT molecular complexity index is 518. The van der Waals surface area contributed by atoms with Gasteiger partial charge in [-0.05, 0) is 24.9 Å². The summed E-state index contributed by atoms with van der Waals surface area (Å²) in [4.78, 5) is 2.38. The van der Waals surface area contributed by atoms with Crippen LogP contribution in [-0.4, -0.2) is 56.9 Å². The van der Waals surface area contributed by atoms with Crippen LogP contribution in [0.5, 0.6) is 0 Å². The third-order valence-corrected chi connectivity index (χ3v) is 5.51. The molecule has 23 heavy (non-hydrogen) atoms. The molecule has 0 bridgehead atoms. The fourth-order valence-corrected chi connectivity index (χ4v) is 4.16. The third-order valence-electron chi connectivity index (χ3n) is 5.51. The number of fused-ring (bicyclic) bond motifs is 1. The van der Waals surface area contributed by atoms with Gasteiger partial charge < -0.3 is 19.5 Å². The molecule has 5 heteroatoms. The van der Waals surface area contributed by atoms with Gasteiger partial charge >= 0.3 is 0 Å². The van der Waals surface area contributed by atoms with E-state index >= 15 is 0 Å². The summed E-state index contributed by atoms with van der Waals surface area (Å²) in [7, 11) is 0. The van der Waals surface area contributed by atoms with Crippen LogP contribution in [0.25, 0.3) is 0 Å². The SMILES string of the molecule is c1ccc(CN2CCC3(CCNCC34OCCO4)COC2)cc1. The highest BCUT2D eigenvalue weighted by Crippen LogP contribution is 2.47. The van der Waals surface area contributed by atoms with Crippen molar-refractivity contribution < 1.29 is 14.2 Å². The zero-order valence-corrected chi connectivity index (χ0v) is 13.6. The molecule has 2 spiro atoms. The van der Waals surface area contributed by atoms with Gasteiger partial charge in [0.05, 0.1) is 38.5 Å². The molecule has 0 amide bonds. The maximum absolute atomic E-state index is 6.10. The minimum atomic E-state index is -0.492. The predicted octanol–water partition coefficient (Wildman–Crippen LogP) is 1.59. The molecule has 0 saturated carbocycles. The molecule has 3 aliphatic rings. The monoisotopic (exact) mass is 318 g/mol. The Morgan fingerprint density at radius 1 is 1.09 bits per heavy atom. The smallest absolute Gasteiger partial charge is 0.188 e. The Morgan fingerprint density at radius 3 is 2.74 bits per heavy atom. The van der Waals surface area contributed by atoms with Gasteiger partial charge in [0.15, 0.2) is 5.79 Å². The summed E-state index contributed by atoms with van der Waals surface area (Å²) in [6.07, 6.45) is 2.10. The third kappa shape index (κ3) is 2.92. The van der Waals surface area contributed by atoms with Gasteiger partial charge in [-0.1, -0.05) is 30.3 Å². The van der Waals surface area contributed by atoms with Crippen molar-refractivity contribution in [3.05, 3.63) is 35.9 Å². The molecule has 3 aliphatic heterocycles. The van der Waals surface area contributed by atoms with Gasteiger partial charge in [0, 0.05) is 13.1 Å². The summed E-state index contributed by atoms with van der Waals surface area (Å²) in [6, 6.07) is 10.6. The molecule has 4 rings (SSSR count). The van der Waals surface area contributed by atoms with Crippen LogP contribution >= 0.6 is 0 Å². The van der Waals surface area contributed by atoms with Crippen LogP contribution in [0, 0.1) is 5.41 Å². The van der Waals surface area contributed by atoms with E-state index in [0.717, 1.165) is 45.6 Å². The number of hydrogen-bond acceptors (Lipinski definition) is 5. The highest BCUT2D eigenvalue weighted by atomic mass is 16.7. The fourth-order valence-electron chi connectivity index (χ4n) is 4.16. The molecule has 1 aromatic carbocycles. The average molecular weight is 318 g/mol. The number of rotatable bonds is 2. The molecule has 3 heterocycles. The lowest BCUT2D eigenvalue weighted by atomic mass is 9.71. The lowest BCUT2D eigenvalue weighted by Gasteiger charge is -2.49. The van der Waals surface area contributed by atoms with Gasteiger partial charge in [-0.2, -0.15) is 0 Å². The van der Waals surface area contributed by atoms with Crippen molar-refractivity contribution in [2.45, 2.75) is 25.2 Å². The Balaban J connectivity index is 1.47. The normalized spacial score (nSPS) is 31.5. The van der Waals surface area contributed by atoms with Crippen LogP contribution in [-0.2, 0) is 20.8 Å². The van der Waals surface area contributed by atoms with Gasteiger partial charge in [0.1, 0.15) is 0 Å². The topological polar surface area (TPSA) is 43.0 Å². The van der Waals surface area contributed by atoms with Crippen LogP contribution in [0.3, 0.4) is 0 Å². The summed E-state index contributed by atoms with van der Waals surface area (Å²) in [6.45, 7) is 6.52. The van der Waals surface area contributed by atoms with Crippen molar-refractivity contribution in [2.75, 3.05) is 46.2 Å². The van der Waals surface area contributed by atoms with Crippen molar-refractivity contribution in [1.29, 1.82) is 0 Å². The first-order chi connectivity index (χ1) is 11.3. The van der Waals surface area contributed by atoms with Gasteiger partial charge in [-0.15, -0.1) is 0 Å². The zero-order valence-electron chi connectivity index (χ0n) is 13.6. The van der Waals surface area contributed by atoms with Crippen LogP contribution < -0.4 is 5.32 Å². The summed E-state index contributed by atoms with van der Waals surface area (Å²) in [5.41, 5.74) is 1.31. The maximum atomic E-state index is 6.10. The van der Waals surface area contributed by atoms with Gasteiger partial charge in [-0.3, -0.25) is 4.90 Å². The molecule has 3 saturated heterocycles. The Kier molecular flexibility index (Phi) is 4.39. The lowest BCUT2D eigenvalue weighted by molar-refractivity contribution is -0.259. The van der Waals surface area contributed by atoms with Gasteiger partial charge in [0.25, 0.3) is 0 Å². The highest BCUT2D eigenvalue weighted by Gasteiger charge is 2.57. The van der Waals surface area contributed by atoms with E-state index in [-0.39, 0.29) is 5.41 Å². The van der Waals surface area contributed by atoms with Crippen LogP contribution in [0.2, 0.25) is 0 Å². The first-order valence-corrected chi connectivity index (χ1v) is 8.65. The molecule has 1 atom stereocenters. The molecule has 0 aromatic heterocycles. The number of piperidine rings is 1. The predicted molar refractivity (Wildman–Crippen MR) is 86.8 cm³/mol. The van der Waals surface area contributed by atoms with Crippen molar-refractivity contribution in [2.24, 2.45) is 5.41 Å². The zero-order chi connectivity index (χ0) is 15.6. The molecule has 3 fully saturated rings. The molecule has 1 unspecified atom stereocenters.